The molecular formula is C23H30F3N7O2. The molecule has 35 heavy (non-hydrogen) atoms. The van der Waals surface area contributed by atoms with Crippen LogP contribution in [0.4, 0.5) is 23.8 Å². The van der Waals surface area contributed by atoms with Gasteiger partial charge in [-0.3, -0.25) is 4.40 Å². The van der Waals surface area contributed by atoms with E-state index >= 15 is 0 Å². The summed E-state index contributed by atoms with van der Waals surface area (Å²) in [5.74, 6) is 0.566. The summed E-state index contributed by atoms with van der Waals surface area (Å²) in [4.78, 5) is 16.5. The molecule has 1 fully saturated rings. The number of rotatable bonds is 8. The molecule has 2 amide bonds. The number of carbonyl (C=O) groups excluding carboxylic acids is 1. The Labute approximate surface area is 200 Å². The van der Waals surface area contributed by atoms with Gasteiger partial charge in [-0.05, 0) is 38.7 Å². The Morgan fingerprint density at radius 2 is 1.89 bits per heavy atom. The molecule has 9 nitrogen and oxygen atoms in total. The maximum Gasteiger partial charge on any atom is 0.420 e. The number of hydrogen-bond acceptors (Lipinski definition) is 6. The van der Waals surface area contributed by atoms with Gasteiger partial charge in [0.2, 0.25) is 5.65 Å². The Kier molecular flexibility index (Phi) is 7.46. The number of anilines is 1. The zero-order valence-corrected chi connectivity index (χ0v) is 19.8. The molecule has 1 aliphatic carbocycles. The zero-order chi connectivity index (χ0) is 25.0. The first-order valence-electron chi connectivity index (χ1n) is 11.9. The van der Waals surface area contributed by atoms with Crippen LogP contribution >= 0.6 is 0 Å². The molecule has 3 N–H and O–H groups in total. The van der Waals surface area contributed by atoms with E-state index in [9.17, 15) is 18.0 Å². The number of ether oxygens (including phenoxy) is 1. The van der Waals surface area contributed by atoms with E-state index in [-0.39, 0.29) is 23.3 Å². The molecule has 0 saturated heterocycles. The van der Waals surface area contributed by atoms with E-state index in [4.69, 9.17) is 4.74 Å². The molecular weight excluding hydrogens is 463 g/mol. The van der Waals surface area contributed by atoms with Crippen molar-refractivity contribution in [2.24, 2.45) is 0 Å². The van der Waals surface area contributed by atoms with E-state index in [1.54, 1.807) is 11.3 Å². The molecule has 0 atom stereocenters. The SMILES string of the molecule is COc1cc2nc(NCCCCNC(=O)NC3CCCCC3)c3nnc(C)n3c2cc1C(F)(F)F. The van der Waals surface area contributed by atoms with E-state index in [2.05, 4.69) is 31.1 Å². The lowest BCUT2D eigenvalue weighted by Gasteiger charge is -2.22. The summed E-state index contributed by atoms with van der Waals surface area (Å²) in [5.41, 5.74) is 0.0332. The molecule has 3 aromatic rings. The van der Waals surface area contributed by atoms with Gasteiger partial charge in [0.15, 0.2) is 5.82 Å². The number of nitrogens with zero attached hydrogens (tertiary/aromatic N) is 4. The van der Waals surface area contributed by atoms with Gasteiger partial charge in [0.25, 0.3) is 0 Å². The molecule has 190 valence electrons. The lowest BCUT2D eigenvalue weighted by molar-refractivity contribution is -0.138. The van der Waals surface area contributed by atoms with E-state index in [1.165, 1.54) is 19.6 Å². The normalized spacial score (nSPS) is 14.9. The van der Waals surface area contributed by atoms with Crippen molar-refractivity contribution in [3.63, 3.8) is 0 Å². The van der Waals surface area contributed by atoms with Crippen LogP contribution < -0.4 is 20.7 Å². The third-order valence-corrected chi connectivity index (χ3v) is 6.23. The first-order valence-corrected chi connectivity index (χ1v) is 11.9. The Balaban J connectivity index is 1.39. The Hall–Kier alpha value is -3.31. The molecule has 1 aromatic carbocycles. The molecule has 0 spiro atoms. The van der Waals surface area contributed by atoms with Crippen LogP contribution in [0.2, 0.25) is 0 Å². The van der Waals surface area contributed by atoms with Crippen LogP contribution in [0.5, 0.6) is 5.75 Å². The van der Waals surface area contributed by atoms with Crippen molar-refractivity contribution < 1.29 is 22.7 Å². The maximum absolute atomic E-state index is 13.5. The summed E-state index contributed by atoms with van der Waals surface area (Å²) in [5, 5.41) is 17.3. The molecule has 0 aliphatic heterocycles. The molecule has 2 heterocycles. The van der Waals surface area contributed by atoms with Crippen molar-refractivity contribution in [3.8, 4) is 5.75 Å². The first kappa shape index (κ1) is 24.8. The molecule has 0 bridgehead atoms. The van der Waals surface area contributed by atoms with E-state index in [0.29, 0.717) is 35.9 Å². The predicted octanol–water partition coefficient (Wildman–Crippen LogP) is 4.44. The first-order chi connectivity index (χ1) is 16.8. The minimum atomic E-state index is -4.58. The number of unbranched alkanes of at least 4 members (excludes halogenated alkanes) is 1. The number of aryl methyl sites for hydroxylation is 1. The minimum absolute atomic E-state index is 0.131. The van der Waals surface area contributed by atoms with Gasteiger partial charge < -0.3 is 20.7 Å². The van der Waals surface area contributed by atoms with Gasteiger partial charge in [0, 0.05) is 25.2 Å². The number of benzene rings is 1. The average Bonchev–Trinajstić information content (AvgIpc) is 3.22. The molecule has 12 heteroatoms. The van der Waals surface area contributed by atoms with Crippen LogP contribution in [0.1, 0.15) is 56.3 Å². The van der Waals surface area contributed by atoms with Crippen molar-refractivity contribution in [2.75, 3.05) is 25.5 Å². The van der Waals surface area contributed by atoms with Gasteiger partial charge in [0.1, 0.15) is 11.6 Å². The fourth-order valence-corrected chi connectivity index (χ4v) is 4.45. The van der Waals surface area contributed by atoms with Crippen molar-refractivity contribution in [1.82, 2.24) is 30.2 Å². The summed E-state index contributed by atoms with van der Waals surface area (Å²) in [6, 6.07) is 2.42. The van der Waals surface area contributed by atoms with E-state index < -0.39 is 11.7 Å². The molecule has 0 unspecified atom stereocenters. The second-order valence-electron chi connectivity index (χ2n) is 8.77. The highest BCUT2D eigenvalue weighted by Gasteiger charge is 2.35. The Morgan fingerprint density at radius 3 is 2.60 bits per heavy atom. The third kappa shape index (κ3) is 5.68. The number of carbonyl (C=O) groups is 1. The number of halogens is 3. The smallest absolute Gasteiger partial charge is 0.420 e. The van der Waals surface area contributed by atoms with E-state index in [1.807, 2.05) is 0 Å². The maximum atomic E-state index is 13.5. The average molecular weight is 494 g/mol. The number of aromatic nitrogens is 4. The lowest BCUT2D eigenvalue weighted by Crippen LogP contribution is -2.43. The van der Waals surface area contributed by atoms with E-state index in [0.717, 1.165) is 44.6 Å². The van der Waals surface area contributed by atoms with Crippen molar-refractivity contribution in [2.45, 2.75) is 64.1 Å². The fraction of sp³-hybridized carbons (Fsp3) is 0.565. The highest BCUT2D eigenvalue weighted by Crippen LogP contribution is 2.39. The van der Waals surface area contributed by atoms with Crippen LogP contribution in [-0.2, 0) is 6.18 Å². The second-order valence-corrected chi connectivity index (χ2v) is 8.77. The highest BCUT2D eigenvalue weighted by atomic mass is 19.4. The van der Waals surface area contributed by atoms with Crippen molar-refractivity contribution >= 4 is 28.5 Å². The molecule has 1 saturated carbocycles. The van der Waals surface area contributed by atoms with Gasteiger partial charge in [-0.15, -0.1) is 10.2 Å². The monoisotopic (exact) mass is 493 g/mol. The number of amides is 2. The van der Waals surface area contributed by atoms with Crippen LogP contribution in [-0.4, -0.2) is 51.9 Å². The highest BCUT2D eigenvalue weighted by molar-refractivity contribution is 5.85. The standard InChI is InChI=1S/C23H30F3N7O2/c1-14-31-32-21-20(27-10-6-7-11-28-22(34)29-15-8-4-3-5-9-15)30-17-13-19(35-2)16(23(24,25)26)12-18(17)33(14)21/h12-13,15H,3-11H2,1-2H3,(H,27,30)(H2,28,29,34). The van der Waals surface area contributed by atoms with Gasteiger partial charge in [-0.25, -0.2) is 9.78 Å². The van der Waals surface area contributed by atoms with Gasteiger partial charge >= 0.3 is 12.2 Å². The summed E-state index contributed by atoms with van der Waals surface area (Å²) < 4.78 is 47.1. The van der Waals surface area contributed by atoms with Crippen LogP contribution in [0, 0.1) is 6.92 Å². The molecule has 1 aliphatic rings. The lowest BCUT2D eigenvalue weighted by atomic mass is 9.96. The summed E-state index contributed by atoms with van der Waals surface area (Å²) in [6.07, 6.45) is 2.56. The second kappa shape index (κ2) is 10.5. The number of alkyl halides is 3. The van der Waals surface area contributed by atoms with Crippen LogP contribution in [0.3, 0.4) is 0 Å². The van der Waals surface area contributed by atoms with Gasteiger partial charge in [0.05, 0.1) is 23.7 Å². The topological polar surface area (TPSA) is 105 Å². The van der Waals surface area contributed by atoms with Gasteiger partial charge in [-0.2, -0.15) is 13.2 Å². The van der Waals surface area contributed by atoms with Crippen LogP contribution in [0.15, 0.2) is 12.1 Å². The Bertz CT molecular complexity index is 1190. The largest absolute Gasteiger partial charge is 0.496 e. The number of nitrogens with one attached hydrogen (secondary N) is 3. The number of fused-ring (bicyclic) bond motifs is 3. The summed E-state index contributed by atoms with van der Waals surface area (Å²) >= 11 is 0. The number of hydrogen-bond donors (Lipinski definition) is 3. The fourth-order valence-electron chi connectivity index (χ4n) is 4.45. The van der Waals surface area contributed by atoms with Crippen molar-refractivity contribution in [3.05, 3.63) is 23.5 Å². The quantitative estimate of drug-likeness (QED) is 0.401. The number of methoxy groups -OCH3 is 1. The zero-order valence-electron chi connectivity index (χ0n) is 19.8. The van der Waals surface area contributed by atoms with Crippen molar-refractivity contribution in [1.29, 1.82) is 0 Å². The molecule has 2 aromatic heterocycles. The summed E-state index contributed by atoms with van der Waals surface area (Å²) in [6.45, 7) is 2.76. The van der Waals surface area contributed by atoms with Crippen LogP contribution in [0.25, 0.3) is 16.7 Å². The molecule has 4 rings (SSSR count). The number of urea groups is 1. The third-order valence-electron chi connectivity index (χ3n) is 6.23. The van der Waals surface area contributed by atoms with Gasteiger partial charge in [-0.1, -0.05) is 19.3 Å². The minimum Gasteiger partial charge on any atom is -0.496 e. The Morgan fingerprint density at radius 1 is 1.14 bits per heavy atom. The molecule has 0 radical (unpaired) electrons. The summed E-state index contributed by atoms with van der Waals surface area (Å²) in [7, 11) is 1.20. The predicted molar refractivity (Wildman–Crippen MR) is 126 cm³/mol.